The van der Waals surface area contributed by atoms with Crippen molar-refractivity contribution in [1.29, 1.82) is 0 Å². The number of carbonyl (C=O) groups is 2. The highest BCUT2D eigenvalue weighted by atomic mass is 16.6. The molecule has 1 saturated heterocycles. The highest BCUT2D eigenvalue weighted by Gasteiger charge is 2.78. The topological polar surface area (TPSA) is 43.4 Å². The molecule has 0 bridgehead atoms. The number of rotatable bonds is 0. The summed E-state index contributed by atoms with van der Waals surface area (Å²) in [6, 6.07) is 0. The molecule has 6 rings (SSSR count). The molecule has 0 aromatic carbocycles. The molecule has 0 aromatic rings. The van der Waals surface area contributed by atoms with E-state index < -0.39 is 0 Å². The van der Waals surface area contributed by atoms with Crippen LogP contribution in [-0.2, 0) is 14.3 Å². The van der Waals surface area contributed by atoms with Gasteiger partial charge in [0.1, 0.15) is 5.60 Å². The number of esters is 1. The van der Waals surface area contributed by atoms with Gasteiger partial charge < -0.3 is 4.74 Å². The zero-order valence-electron chi connectivity index (χ0n) is 14.9. The van der Waals surface area contributed by atoms with E-state index in [1.165, 1.54) is 24.8 Å². The predicted molar refractivity (Wildman–Crippen MR) is 92.4 cm³/mol. The smallest absolute Gasteiger partial charge is 0.306 e. The summed E-state index contributed by atoms with van der Waals surface area (Å²) in [4.78, 5) is 23.8. The third-order valence-corrected chi connectivity index (χ3v) is 8.99. The first-order valence-electron chi connectivity index (χ1n) is 10.2. The van der Waals surface area contributed by atoms with E-state index in [2.05, 4.69) is 19.1 Å². The van der Waals surface area contributed by atoms with E-state index in [0.717, 1.165) is 25.2 Å². The van der Waals surface area contributed by atoms with Crippen molar-refractivity contribution in [2.75, 3.05) is 0 Å². The summed E-state index contributed by atoms with van der Waals surface area (Å²) in [7, 11) is 0. The Balaban J connectivity index is 1.41. The van der Waals surface area contributed by atoms with Crippen LogP contribution < -0.4 is 0 Å². The Labute approximate surface area is 148 Å². The van der Waals surface area contributed by atoms with Crippen molar-refractivity contribution in [3.8, 4) is 0 Å². The quantitative estimate of drug-likeness (QED) is 0.630. The molecule has 5 aliphatic carbocycles. The maximum absolute atomic E-state index is 12.0. The molecule has 0 amide bonds. The summed E-state index contributed by atoms with van der Waals surface area (Å²) in [5.74, 6) is 4.25. The number of hydrogen-bond acceptors (Lipinski definition) is 3. The third kappa shape index (κ3) is 1.64. The predicted octanol–water partition coefficient (Wildman–Crippen LogP) is 3.84. The van der Waals surface area contributed by atoms with Crippen LogP contribution in [0.4, 0.5) is 0 Å². The van der Waals surface area contributed by atoms with Gasteiger partial charge in [0.05, 0.1) is 0 Å². The van der Waals surface area contributed by atoms with Crippen LogP contribution >= 0.6 is 0 Å². The van der Waals surface area contributed by atoms with Gasteiger partial charge in [-0.2, -0.15) is 0 Å². The molecule has 3 saturated carbocycles. The molecule has 4 unspecified atom stereocenters. The third-order valence-electron chi connectivity index (χ3n) is 8.99. The van der Waals surface area contributed by atoms with Crippen molar-refractivity contribution in [1.82, 2.24) is 0 Å². The molecule has 132 valence electrons. The number of ketones is 1. The molecule has 1 spiro atoms. The number of hydrogen-bond donors (Lipinski definition) is 0. The minimum absolute atomic E-state index is 0.0323. The zero-order valence-corrected chi connectivity index (χ0v) is 14.9. The maximum Gasteiger partial charge on any atom is 0.306 e. The lowest BCUT2D eigenvalue weighted by Gasteiger charge is -2.55. The van der Waals surface area contributed by atoms with Gasteiger partial charge in [-0.05, 0) is 73.3 Å². The van der Waals surface area contributed by atoms with Crippen LogP contribution in [0.3, 0.4) is 0 Å². The van der Waals surface area contributed by atoms with Gasteiger partial charge in [-0.25, -0.2) is 0 Å². The van der Waals surface area contributed by atoms with E-state index in [1.54, 1.807) is 0 Å². The summed E-state index contributed by atoms with van der Waals surface area (Å²) in [6.07, 6.45) is 13.6. The molecule has 3 heteroatoms. The second kappa shape index (κ2) is 4.47. The number of allylic oxidation sites excluding steroid dienone is 4. The maximum atomic E-state index is 12.0. The average Bonchev–Trinajstić information content (AvgIpc) is 3.23. The number of fused-ring (bicyclic) bond motifs is 9. The van der Waals surface area contributed by atoms with Crippen LogP contribution in [0.2, 0.25) is 0 Å². The molecule has 0 radical (unpaired) electrons. The SMILES string of the molecule is C[C@]12CCC3C4CCC(=O)C=C4C=CC3C1[C@H]1C[C@H]1[C@@]21CCC(=O)O1. The van der Waals surface area contributed by atoms with Gasteiger partial charge >= 0.3 is 5.97 Å². The Kier molecular flexibility index (Phi) is 2.64. The van der Waals surface area contributed by atoms with Gasteiger partial charge in [0.15, 0.2) is 5.78 Å². The van der Waals surface area contributed by atoms with Crippen LogP contribution in [0.25, 0.3) is 0 Å². The normalized spacial score (nSPS) is 55.2. The highest BCUT2D eigenvalue weighted by molar-refractivity contribution is 5.92. The monoisotopic (exact) mass is 338 g/mol. The second-order valence-corrected chi connectivity index (χ2v) is 9.71. The molecular formula is C22H26O3. The van der Waals surface area contributed by atoms with Gasteiger partial charge in [0, 0.05) is 24.2 Å². The standard InChI is InChI=1S/C22H26O3/c1-21-8-6-15-14-5-3-13(23)10-12(14)2-4-16(15)20(21)17-11-18(17)22(21)9-7-19(24)25-22/h2,4,10,14-18,20H,3,5-9,11H2,1H3/t14?,15?,16?,17-,18+,20?,21-,22-/m0/s1. The fourth-order valence-corrected chi connectivity index (χ4v) is 8.01. The van der Waals surface area contributed by atoms with Crippen LogP contribution in [0.15, 0.2) is 23.8 Å². The van der Waals surface area contributed by atoms with Crippen molar-refractivity contribution in [3.63, 3.8) is 0 Å². The number of carbonyl (C=O) groups excluding carboxylic acids is 2. The van der Waals surface area contributed by atoms with Crippen LogP contribution in [0.1, 0.15) is 51.9 Å². The van der Waals surface area contributed by atoms with Crippen molar-refractivity contribution in [3.05, 3.63) is 23.8 Å². The van der Waals surface area contributed by atoms with Crippen LogP contribution in [-0.4, -0.2) is 17.4 Å². The zero-order chi connectivity index (χ0) is 17.0. The molecule has 4 fully saturated rings. The van der Waals surface area contributed by atoms with Crippen molar-refractivity contribution >= 4 is 11.8 Å². The van der Waals surface area contributed by atoms with Crippen molar-refractivity contribution in [2.45, 2.75) is 57.5 Å². The van der Waals surface area contributed by atoms with E-state index >= 15 is 0 Å². The van der Waals surface area contributed by atoms with Gasteiger partial charge in [0.25, 0.3) is 0 Å². The van der Waals surface area contributed by atoms with Gasteiger partial charge in [0.2, 0.25) is 0 Å². The molecule has 6 aliphatic rings. The average molecular weight is 338 g/mol. The molecule has 1 aliphatic heterocycles. The molecular weight excluding hydrogens is 312 g/mol. The minimum Gasteiger partial charge on any atom is -0.458 e. The van der Waals surface area contributed by atoms with E-state index in [0.29, 0.717) is 41.8 Å². The second-order valence-electron chi connectivity index (χ2n) is 9.71. The van der Waals surface area contributed by atoms with Crippen molar-refractivity contribution in [2.24, 2.45) is 40.9 Å². The van der Waals surface area contributed by atoms with Gasteiger partial charge in [-0.15, -0.1) is 0 Å². The molecule has 0 N–H and O–H groups in total. The Hall–Kier alpha value is -1.38. The fraction of sp³-hybridized carbons (Fsp3) is 0.727. The highest BCUT2D eigenvalue weighted by Crippen LogP contribution is 2.77. The van der Waals surface area contributed by atoms with E-state index in [9.17, 15) is 9.59 Å². The summed E-state index contributed by atoms with van der Waals surface area (Å²) in [5.41, 5.74) is 1.29. The van der Waals surface area contributed by atoms with Crippen LogP contribution in [0.5, 0.6) is 0 Å². The fourth-order valence-electron chi connectivity index (χ4n) is 8.01. The van der Waals surface area contributed by atoms with Gasteiger partial charge in [-0.3, -0.25) is 9.59 Å². The lowest BCUT2D eigenvalue weighted by Crippen LogP contribution is -2.54. The summed E-state index contributed by atoms with van der Waals surface area (Å²) < 4.78 is 6.12. The van der Waals surface area contributed by atoms with E-state index in [4.69, 9.17) is 4.74 Å². The Morgan fingerprint density at radius 3 is 2.80 bits per heavy atom. The van der Waals surface area contributed by atoms with E-state index in [1.807, 2.05) is 6.08 Å². The molecule has 3 nitrogen and oxygen atoms in total. The summed E-state index contributed by atoms with van der Waals surface area (Å²) in [6.45, 7) is 2.43. The number of ether oxygens (including phenoxy) is 1. The molecule has 8 atom stereocenters. The molecule has 25 heavy (non-hydrogen) atoms. The first-order chi connectivity index (χ1) is 12.0. The van der Waals surface area contributed by atoms with Gasteiger partial charge in [-0.1, -0.05) is 19.1 Å². The Morgan fingerprint density at radius 2 is 2.00 bits per heavy atom. The minimum atomic E-state index is -0.156. The van der Waals surface area contributed by atoms with E-state index in [-0.39, 0.29) is 17.0 Å². The summed E-state index contributed by atoms with van der Waals surface area (Å²) in [5, 5.41) is 0. The molecule has 1 heterocycles. The lowest BCUT2D eigenvalue weighted by molar-refractivity contribution is -0.171. The first kappa shape index (κ1) is 14.8. The largest absolute Gasteiger partial charge is 0.458 e. The lowest BCUT2D eigenvalue weighted by atomic mass is 9.50. The Morgan fingerprint density at radius 1 is 1.12 bits per heavy atom. The van der Waals surface area contributed by atoms with Crippen LogP contribution in [0, 0.1) is 40.9 Å². The Bertz CT molecular complexity index is 748. The summed E-state index contributed by atoms with van der Waals surface area (Å²) >= 11 is 0. The first-order valence-corrected chi connectivity index (χ1v) is 10.2. The molecule has 0 aromatic heterocycles. The van der Waals surface area contributed by atoms with Crippen molar-refractivity contribution < 1.29 is 14.3 Å².